The van der Waals surface area contributed by atoms with Gasteiger partial charge < -0.3 is 10.4 Å². The molecule has 0 aromatic carbocycles. The maximum atomic E-state index is 10.7. The number of hydrogen-bond donors (Lipinski definition) is 2. The van der Waals surface area contributed by atoms with Gasteiger partial charge in [-0.1, -0.05) is 0 Å². The van der Waals surface area contributed by atoms with Gasteiger partial charge in [0.2, 0.25) is 0 Å². The molecule has 0 amide bonds. The quantitative estimate of drug-likeness (QED) is 0.611. The van der Waals surface area contributed by atoms with Crippen LogP contribution in [0, 0.1) is 23.0 Å². The van der Waals surface area contributed by atoms with Crippen molar-refractivity contribution in [1.82, 2.24) is 4.98 Å². The zero-order valence-electron chi connectivity index (χ0n) is 9.59. The van der Waals surface area contributed by atoms with Gasteiger partial charge in [0.05, 0.1) is 17.1 Å². The average molecular weight is 237 g/mol. The Hall–Kier alpha value is -1.69. The third kappa shape index (κ3) is 2.71. The van der Waals surface area contributed by atoms with Crippen molar-refractivity contribution in [3.8, 4) is 0 Å². The van der Waals surface area contributed by atoms with E-state index in [-0.39, 0.29) is 11.8 Å². The first-order valence-corrected chi connectivity index (χ1v) is 5.59. The predicted octanol–water partition coefficient (Wildman–Crippen LogP) is 1.48. The van der Waals surface area contributed by atoms with Gasteiger partial charge in [0, 0.05) is 18.3 Å². The van der Waals surface area contributed by atoms with E-state index in [1.807, 2.05) is 0 Å². The molecule has 92 valence electrons. The molecule has 2 rings (SSSR count). The summed E-state index contributed by atoms with van der Waals surface area (Å²) in [7, 11) is 0. The number of anilines is 1. The normalized spacial score (nSPS) is 22.9. The van der Waals surface area contributed by atoms with Gasteiger partial charge >= 0.3 is 0 Å². The number of nitro groups is 1. The molecule has 2 N–H and O–H groups in total. The fourth-order valence-electron chi connectivity index (χ4n) is 1.92. The molecule has 0 unspecified atom stereocenters. The van der Waals surface area contributed by atoms with Gasteiger partial charge in [0.15, 0.2) is 0 Å². The smallest absolute Gasteiger partial charge is 0.277 e. The highest BCUT2D eigenvalue weighted by atomic mass is 16.6. The Morgan fingerprint density at radius 3 is 2.94 bits per heavy atom. The average Bonchev–Trinajstić information content (AvgIpc) is 2.24. The largest absolute Gasteiger partial charge is 0.393 e. The zero-order valence-corrected chi connectivity index (χ0v) is 9.59. The Bertz CT molecular complexity index is 430. The van der Waals surface area contributed by atoms with E-state index >= 15 is 0 Å². The van der Waals surface area contributed by atoms with E-state index in [1.165, 1.54) is 12.3 Å². The molecule has 17 heavy (non-hydrogen) atoms. The zero-order chi connectivity index (χ0) is 12.4. The maximum Gasteiger partial charge on any atom is 0.277 e. The predicted molar refractivity (Wildman–Crippen MR) is 62.8 cm³/mol. The summed E-state index contributed by atoms with van der Waals surface area (Å²) >= 11 is 0. The molecule has 0 saturated heterocycles. The summed E-state index contributed by atoms with van der Waals surface area (Å²) in [5.41, 5.74) is 0.635. The summed E-state index contributed by atoms with van der Waals surface area (Å²) in [6.07, 6.45) is 2.90. The number of nitrogens with one attached hydrogen (secondary N) is 1. The second-order valence-corrected chi connectivity index (χ2v) is 4.49. The van der Waals surface area contributed by atoms with Crippen molar-refractivity contribution in [3.63, 3.8) is 0 Å². The highest BCUT2D eigenvalue weighted by molar-refractivity contribution is 5.48. The first kappa shape index (κ1) is 11.8. The van der Waals surface area contributed by atoms with Crippen LogP contribution in [0.1, 0.15) is 18.4 Å². The molecule has 1 saturated carbocycles. The number of rotatable bonds is 4. The Kier molecular flexibility index (Phi) is 3.23. The highest BCUT2D eigenvalue weighted by Crippen LogP contribution is 2.27. The number of aryl methyl sites for hydroxylation is 1. The number of hydrogen-bond acceptors (Lipinski definition) is 5. The van der Waals surface area contributed by atoms with Gasteiger partial charge in [-0.2, -0.15) is 0 Å². The molecule has 0 aliphatic heterocycles. The van der Waals surface area contributed by atoms with Crippen LogP contribution in [0.2, 0.25) is 0 Å². The van der Waals surface area contributed by atoms with E-state index < -0.39 is 4.92 Å². The second-order valence-electron chi connectivity index (χ2n) is 4.49. The highest BCUT2D eigenvalue weighted by Gasteiger charge is 2.26. The molecule has 0 atom stereocenters. The molecule has 0 radical (unpaired) electrons. The van der Waals surface area contributed by atoms with Crippen molar-refractivity contribution in [2.75, 3.05) is 11.9 Å². The van der Waals surface area contributed by atoms with Crippen molar-refractivity contribution in [2.45, 2.75) is 25.9 Å². The van der Waals surface area contributed by atoms with E-state index in [2.05, 4.69) is 10.3 Å². The molecule has 1 aromatic rings. The molecule has 1 aliphatic carbocycles. The topological polar surface area (TPSA) is 88.3 Å². The summed E-state index contributed by atoms with van der Waals surface area (Å²) in [5.74, 6) is 0.954. The number of aliphatic hydroxyl groups is 1. The standard InChI is InChI=1S/C11H15N3O3/c1-7-5-12-11(4-10(7)14(16)17)13-6-8-2-9(15)3-8/h4-5,8-9,15H,2-3,6H2,1H3,(H,12,13). The Morgan fingerprint density at radius 1 is 1.65 bits per heavy atom. The van der Waals surface area contributed by atoms with Crippen molar-refractivity contribution in [3.05, 3.63) is 27.9 Å². The minimum Gasteiger partial charge on any atom is -0.393 e. The fraction of sp³-hybridized carbons (Fsp3) is 0.545. The van der Waals surface area contributed by atoms with Crippen LogP contribution in [0.5, 0.6) is 0 Å². The van der Waals surface area contributed by atoms with Gasteiger partial charge in [-0.05, 0) is 25.7 Å². The minimum atomic E-state index is -0.407. The molecule has 0 spiro atoms. The first-order chi connectivity index (χ1) is 8.06. The summed E-state index contributed by atoms with van der Waals surface area (Å²) in [4.78, 5) is 14.4. The maximum absolute atomic E-state index is 10.7. The number of nitrogens with zero attached hydrogens (tertiary/aromatic N) is 2. The summed E-state index contributed by atoms with van der Waals surface area (Å²) < 4.78 is 0. The van der Waals surface area contributed by atoms with Crippen molar-refractivity contribution in [1.29, 1.82) is 0 Å². The Morgan fingerprint density at radius 2 is 2.35 bits per heavy atom. The van der Waals surface area contributed by atoms with Crippen molar-refractivity contribution >= 4 is 11.5 Å². The van der Waals surface area contributed by atoms with Gasteiger partial charge in [0.25, 0.3) is 5.69 Å². The minimum absolute atomic E-state index is 0.0798. The van der Waals surface area contributed by atoms with Gasteiger partial charge in [-0.3, -0.25) is 10.1 Å². The lowest BCUT2D eigenvalue weighted by Gasteiger charge is -2.31. The summed E-state index contributed by atoms with van der Waals surface area (Å²) in [5, 5.41) is 22.9. The summed E-state index contributed by atoms with van der Waals surface area (Å²) in [6, 6.07) is 1.45. The molecular formula is C11H15N3O3. The van der Waals surface area contributed by atoms with Gasteiger partial charge in [-0.25, -0.2) is 4.98 Å². The van der Waals surface area contributed by atoms with Crippen LogP contribution in [0.3, 0.4) is 0 Å². The van der Waals surface area contributed by atoms with Crippen LogP contribution in [-0.2, 0) is 0 Å². The lowest BCUT2D eigenvalue weighted by Crippen LogP contribution is -2.33. The molecular weight excluding hydrogens is 222 g/mol. The monoisotopic (exact) mass is 237 g/mol. The van der Waals surface area contributed by atoms with Crippen molar-refractivity contribution < 1.29 is 10.0 Å². The molecule has 1 heterocycles. The van der Waals surface area contributed by atoms with Crippen LogP contribution in [0.4, 0.5) is 11.5 Å². The van der Waals surface area contributed by atoms with Crippen LogP contribution >= 0.6 is 0 Å². The van der Waals surface area contributed by atoms with E-state index in [0.29, 0.717) is 23.8 Å². The molecule has 6 nitrogen and oxygen atoms in total. The molecule has 1 fully saturated rings. The van der Waals surface area contributed by atoms with Crippen LogP contribution in [0.15, 0.2) is 12.3 Å². The van der Waals surface area contributed by atoms with E-state index in [0.717, 1.165) is 12.8 Å². The number of aliphatic hydroxyl groups excluding tert-OH is 1. The lowest BCUT2D eigenvalue weighted by molar-refractivity contribution is -0.385. The van der Waals surface area contributed by atoms with Crippen LogP contribution < -0.4 is 5.32 Å². The van der Waals surface area contributed by atoms with E-state index in [4.69, 9.17) is 5.11 Å². The molecule has 6 heteroatoms. The molecule has 1 aliphatic rings. The van der Waals surface area contributed by atoms with E-state index in [1.54, 1.807) is 6.92 Å². The first-order valence-electron chi connectivity index (χ1n) is 5.59. The fourth-order valence-corrected chi connectivity index (χ4v) is 1.92. The third-order valence-corrected chi connectivity index (χ3v) is 3.05. The van der Waals surface area contributed by atoms with Crippen LogP contribution in [-0.4, -0.2) is 27.7 Å². The number of pyridine rings is 1. The molecule has 1 aromatic heterocycles. The lowest BCUT2D eigenvalue weighted by atomic mass is 9.82. The second kappa shape index (κ2) is 4.67. The third-order valence-electron chi connectivity index (χ3n) is 3.05. The van der Waals surface area contributed by atoms with Gasteiger partial charge in [0.1, 0.15) is 5.82 Å². The SMILES string of the molecule is Cc1cnc(NCC2CC(O)C2)cc1[N+](=O)[O-]. The van der Waals surface area contributed by atoms with E-state index in [9.17, 15) is 10.1 Å². The van der Waals surface area contributed by atoms with Gasteiger partial charge in [-0.15, -0.1) is 0 Å². The Labute approximate surface area is 98.8 Å². The van der Waals surface area contributed by atoms with Crippen molar-refractivity contribution in [2.24, 2.45) is 5.92 Å². The number of aromatic nitrogens is 1. The van der Waals surface area contributed by atoms with Crippen LogP contribution in [0.25, 0.3) is 0 Å². The summed E-state index contributed by atoms with van der Waals surface area (Å²) in [6.45, 7) is 2.36. The Balaban J connectivity index is 1.97. The molecule has 0 bridgehead atoms.